The summed E-state index contributed by atoms with van der Waals surface area (Å²) in [6, 6.07) is 0. The summed E-state index contributed by atoms with van der Waals surface area (Å²) in [6.45, 7) is 0.612. The van der Waals surface area contributed by atoms with Gasteiger partial charge in [0.1, 0.15) is 16.7 Å². The van der Waals surface area contributed by atoms with Gasteiger partial charge in [0.2, 0.25) is 0 Å². The van der Waals surface area contributed by atoms with Gasteiger partial charge in [0.05, 0.1) is 23.8 Å². The lowest BCUT2D eigenvalue weighted by molar-refractivity contribution is 0.777. The van der Waals surface area contributed by atoms with Crippen LogP contribution in [-0.4, -0.2) is 36.8 Å². The minimum atomic E-state index is 0.612. The molecule has 3 rings (SSSR count). The second kappa shape index (κ2) is 5.12. The van der Waals surface area contributed by atoms with E-state index in [1.54, 1.807) is 29.6 Å². The van der Waals surface area contributed by atoms with Gasteiger partial charge in [0, 0.05) is 26.5 Å². The van der Waals surface area contributed by atoms with Crippen LogP contribution in [-0.2, 0) is 13.6 Å². The van der Waals surface area contributed by atoms with Crippen molar-refractivity contribution >= 4 is 32.8 Å². The van der Waals surface area contributed by atoms with E-state index in [2.05, 4.69) is 41.0 Å². The maximum Gasteiger partial charge on any atom is 0.164 e. The Morgan fingerprint density at radius 2 is 2.10 bits per heavy atom. The Balaban J connectivity index is 2.01. The van der Waals surface area contributed by atoms with Crippen molar-refractivity contribution in [2.45, 2.75) is 6.54 Å². The third-order valence-corrected chi connectivity index (χ3v) is 3.49. The minimum absolute atomic E-state index is 0.612. The molecule has 0 spiro atoms. The molecule has 0 aliphatic carbocycles. The second-order valence-electron chi connectivity index (χ2n) is 4.36. The normalized spacial score (nSPS) is 10.9. The van der Waals surface area contributed by atoms with Gasteiger partial charge < -0.3 is 4.90 Å². The van der Waals surface area contributed by atoms with Gasteiger partial charge in [0.25, 0.3) is 0 Å². The van der Waals surface area contributed by atoms with Crippen LogP contribution in [0, 0.1) is 0 Å². The molecule has 102 valence electrons. The Hall–Kier alpha value is -2.09. The number of aromatic nitrogens is 6. The monoisotopic (exact) mass is 333 g/mol. The van der Waals surface area contributed by atoms with Gasteiger partial charge in [-0.15, -0.1) is 0 Å². The van der Waals surface area contributed by atoms with Crippen LogP contribution < -0.4 is 4.90 Å². The van der Waals surface area contributed by atoms with Gasteiger partial charge >= 0.3 is 0 Å². The maximum atomic E-state index is 4.36. The molecule has 7 nitrogen and oxygen atoms in total. The first-order valence-corrected chi connectivity index (χ1v) is 6.75. The number of anilines is 1. The van der Waals surface area contributed by atoms with Gasteiger partial charge in [0.15, 0.2) is 5.65 Å². The number of halogens is 1. The van der Waals surface area contributed by atoms with Crippen LogP contribution in [0.2, 0.25) is 0 Å². The van der Waals surface area contributed by atoms with Crippen LogP contribution in [0.4, 0.5) is 5.82 Å². The quantitative estimate of drug-likeness (QED) is 0.724. The summed E-state index contributed by atoms with van der Waals surface area (Å²) in [5, 5.41) is 5.21. The van der Waals surface area contributed by atoms with E-state index in [0.29, 0.717) is 6.54 Å². The van der Waals surface area contributed by atoms with Gasteiger partial charge in [-0.05, 0) is 15.9 Å². The van der Waals surface area contributed by atoms with Crippen molar-refractivity contribution in [3.05, 3.63) is 35.2 Å². The van der Waals surface area contributed by atoms with E-state index in [9.17, 15) is 0 Å². The zero-order chi connectivity index (χ0) is 14.1. The number of hydrogen-bond acceptors (Lipinski definition) is 6. The zero-order valence-corrected chi connectivity index (χ0v) is 12.6. The highest BCUT2D eigenvalue weighted by Crippen LogP contribution is 2.29. The summed E-state index contributed by atoms with van der Waals surface area (Å²) in [5.41, 5.74) is 1.66. The molecule has 0 N–H and O–H groups in total. The lowest BCUT2D eigenvalue weighted by Crippen LogP contribution is -2.19. The van der Waals surface area contributed by atoms with Crippen molar-refractivity contribution in [1.82, 2.24) is 29.7 Å². The van der Waals surface area contributed by atoms with Crippen LogP contribution in [0.25, 0.3) is 11.0 Å². The maximum absolute atomic E-state index is 4.36. The van der Waals surface area contributed by atoms with E-state index in [1.165, 1.54) is 0 Å². The second-order valence-corrected chi connectivity index (χ2v) is 5.11. The van der Waals surface area contributed by atoms with Gasteiger partial charge in [-0.2, -0.15) is 5.10 Å². The molecule has 0 bridgehead atoms. The Morgan fingerprint density at radius 3 is 2.85 bits per heavy atom. The third kappa shape index (κ3) is 2.22. The van der Waals surface area contributed by atoms with E-state index in [4.69, 9.17) is 0 Å². The molecule has 8 heteroatoms. The first-order valence-electron chi connectivity index (χ1n) is 5.96. The highest BCUT2D eigenvalue weighted by atomic mass is 79.9. The summed E-state index contributed by atoms with van der Waals surface area (Å²) in [5.74, 6) is 0.806. The number of fused-ring (bicyclic) bond motifs is 1. The summed E-state index contributed by atoms with van der Waals surface area (Å²) in [6.07, 6.45) is 6.62. The minimum Gasteiger partial charge on any atom is -0.353 e. The fourth-order valence-corrected chi connectivity index (χ4v) is 2.64. The molecule has 0 saturated heterocycles. The van der Waals surface area contributed by atoms with Gasteiger partial charge in [-0.25, -0.2) is 14.6 Å². The molecule has 0 aromatic carbocycles. The van der Waals surface area contributed by atoms with E-state index in [0.717, 1.165) is 27.1 Å². The van der Waals surface area contributed by atoms with Gasteiger partial charge in [-0.1, -0.05) is 0 Å². The van der Waals surface area contributed by atoms with E-state index in [-0.39, 0.29) is 0 Å². The summed E-state index contributed by atoms with van der Waals surface area (Å²) in [7, 11) is 3.81. The number of rotatable bonds is 3. The lowest BCUT2D eigenvalue weighted by Gasteiger charge is -2.17. The van der Waals surface area contributed by atoms with Crippen molar-refractivity contribution in [3.63, 3.8) is 0 Å². The predicted molar refractivity (Wildman–Crippen MR) is 78.1 cm³/mol. The van der Waals surface area contributed by atoms with Crippen molar-refractivity contribution in [1.29, 1.82) is 0 Å². The molecule has 3 heterocycles. The fraction of sp³-hybridized carbons (Fsp3) is 0.250. The zero-order valence-electron chi connectivity index (χ0n) is 11.0. The van der Waals surface area contributed by atoms with Gasteiger partial charge in [-0.3, -0.25) is 9.97 Å². The highest BCUT2D eigenvalue weighted by Gasteiger charge is 2.16. The van der Waals surface area contributed by atoms with Crippen molar-refractivity contribution in [2.75, 3.05) is 11.9 Å². The molecule has 0 aliphatic heterocycles. The standard InChI is InChI=1S/C12H12BrN7/c1-19(6-8-5-14-3-4-15-8)11-9-10(13)18-20(2)12(9)17-7-16-11/h3-5,7H,6H2,1-2H3. The van der Waals surface area contributed by atoms with Crippen LogP contribution in [0.1, 0.15) is 5.69 Å². The summed E-state index contributed by atoms with van der Waals surface area (Å²) >= 11 is 3.46. The average molecular weight is 334 g/mol. The number of hydrogen-bond donors (Lipinski definition) is 0. The van der Waals surface area contributed by atoms with E-state index >= 15 is 0 Å². The average Bonchev–Trinajstić information content (AvgIpc) is 2.75. The van der Waals surface area contributed by atoms with Crippen LogP contribution >= 0.6 is 15.9 Å². The molecule has 0 saturated carbocycles. The van der Waals surface area contributed by atoms with Crippen molar-refractivity contribution in [3.8, 4) is 0 Å². The molecule has 0 radical (unpaired) electrons. The molecule has 0 atom stereocenters. The topological polar surface area (TPSA) is 72.6 Å². The van der Waals surface area contributed by atoms with Crippen LogP contribution in [0.5, 0.6) is 0 Å². The molecule has 0 unspecified atom stereocenters. The number of aryl methyl sites for hydroxylation is 1. The van der Waals surface area contributed by atoms with E-state index < -0.39 is 0 Å². The molecule has 0 aliphatic rings. The Morgan fingerprint density at radius 1 is 1.25 bits per heavy atom. The van der Waals surface area contributed by atoms with Crippen molar-refractivity contribution in [2.24, 2.45) is 7.05 Å². The lowest BCUT2D eigenvalue weighted by atomic mass is 10.3. The SMILES string of the molecule is CN(Cc1cnccn1)c1ncnc2c1c(Br)nn2C. The van der Waals surface area contributed by atoms with Crippen LogP contribution in [0.15, 0.2) is 29.5 Å². The number of nitrogens with zero attached hydrogens (tertiary/aromatic N) is 7. The largest absolute Gasteiger partial charge is 0.353 e. The molecule has 20 heavy (non-hydrogen) atoms. The fourth-order valence-electron chi connectivity index (χ4n) is 2.05. The first-order chi connectivity index (χ1) is 9.66. The molecular weight excluding hydrogens is 322 g/mol. The smallest absolute Gasteiger partial charge is 0.164 e. The van der Waals surface area contributed by atoms with E-state index in [1.807, 2.05) is 19.0 Å². The Labute approximate surface area is 123 Å². The molecule has 3 aromatic heterocycles. The highest BCUT2D eigenvalue weighted by molar-refractivity contribution is 9.10. The first kappa shape index (κ1) is 12.9. The molecule has 0 amide bonds. The van der Waals surface area contributed by atoms with Crippen LogP contribution in [0.3, 0.4) is 0 Å². The van der Waals surface area contributed by atoms with Crippen molar-refractivity contribution < 1.29 is 0 Å². The summed E-state index contributed by atoms with van der Waals surface area (Å²) in [4.78, 5) is 19.0. The molecule has 0 fully saturated rings. The molecular formula is C12H12BrN7. The summed E-state index contributed by atoms with van der Waals surface area (Å²) < 4.78 is 2.46. The Kier molecular flexibility index (Phi) is 3.31. The Bertz CT molecular complexity index is 740. The molecule has 3 aromatic rings. The third-order valence-electron chi connectivity index (χ3n) is 2.94. The predicted octanol–water partition coefficient (Wildman–Crippen LogP) is 1.55.